The molecule has 4 nitrogen and oxygen atoms in total. The maximum atomic E-state index is 6.31. The maximum Gasteiger partial charge on any atom is 0.164 e. The highest BCUT2D eigenvalue weighted by Crippen LogP contribution is 2.53. The molecule has 2 heterocycles. The van der Waals surface area contributed by atoms with Crippen LogP contribution in [0.4, 0.5) is 0 Å². The van der Waals surface area contributed by atoms with Crippen LogP contribution in [0, 0.1) is 0 Å². The number of benzene rings is 7. The van der Waals surface area contributed by atoms with E-state index in [-0.39, 0.29) is 5.41 Å². The Bertz CT molecular complexity index is 2680. The van der Waals surface area contributed by atoms with Crippen molar-refractivity contribution >= 4 is 21.9 Å². The van der Waals surface area contributed by atoms with Gasteiger partial charge in [0.25, 0.3) is 0 Å². The van der Waals surface area contributed by atoms with Gasteiger partial charge in [-0.1, -0.05) is 159 Å². The van der Waals surface area contributed by atoms with Crippen LogP contribution in [-0.4, -0.2) is 15.0 Å². The lowest BCUT2D eigenvalue weighted by atomic mass is 9.80. The first-order chi connectivity index (χ1) is 25.5. The van der Waals surface area contributed by atoms with Crippen LogP contribution in [0.15, 0.2) is 168 Å². The van der Waals surface area contributed by atoms with Crippen LogP contribution in [0.25, 0.3) is 89.5 Å². The molecule has 0 saturated heterocycles. The highest BCUT2D eigenvalue weighted by Gasteiger charge is 2.38. The van der Waals surface area contributed by atoms with Crippen LogP contribution >= 0.6 is 0 Å². The topological polar surface area (TPSA) is 51.8 Å². The van der Waals surface area contributed by atoms with Crippen molar-refractivity contribution in [3.63, 3.8) is 0 Å². The molecular weight excluding hydrogens is 635 g/mol. The first kappa shape index (κ1) is 30.2. The molecule has 0 unspecified atom stereocenters. The number of nitrogens with zero attached hydrogens (tertiary/aromatic N) is 3. The van der Waals surface area contributed by atoms with E-state index in [0.717, 1.165) is 44.4 Å². The zero-order chi connectivity index (χ0) is 34.8. The fourth-order valence-electron chi connectivity index (χ4n) is 7.91. The van der Waals surface area contributed by atoms with Gasteiger partial charge in [0.15, 0.2) is 17.5 Å². The zero-order valence-electron chi connectivity index (χ0n) is 28.8. The minimum Gasteiger partial charge on any atom is -0.456 e. The molecule has 52 heavy (non-hydrogen) atoms. The van der Waals surface area contributed by atoms with Gasteiger partial charge in [0.1, 0.15) is 11.2 Å². The fourth-order valence-corrected chi connectivity index (χ4v) is 7.91. The highest BCUT2D eigenvalue weighted by atomic mass is 16.3. The average molecular weight is 668 g/mol. The highest BCUT2D eigenvalue weighted by molar-refractivity contribution is 6.11. The summed E-state index contributed by atoms with van der Waals surface area (Å²) in [7, 11) is 0. The third-order valence-electron chi connectivity index (χ3n) is 10.5. The molecule has 1 aliphatic carbocycles. The van der Waals surface area contributed by atoms with Crippen molar-refractivity contribution < 1.29 is 4.42 Å². The summed E-state index contributed by atoms with van der Waals surface area (Å²) in [4.78, 5) is 15.3. The second-order valence-corrected chi connectivity index (χ2v) is 14.0. The number of hydrogen-bond donors (Lipinski definition) is 0. The molecule has 246 valence electrons. The van der Waals surface area contributed by atoms with Crippen molar-refractivity contribution in [3.8, 4) is 67.5 Å². The maximum absolute atomic E-state index is 6.31. The molecule has 0 spiro atoms. The minimum absolute atomic E-state index is 0.272. The second-order valence-electron chi connectivity index (χ2n) is 14.0. The molecule has 0 fully saturated rings. The number of hydrogen-bond acceptors (Lipinski definition) is 4. The zero-order valence-corrected chi connectivity index (χ0v) is 28.8. The van der Waals surface area contributed by atoms with E-state index in [9.17, 15) is 0 Å². The van der Waals surface area contributed by atoms with Gasteiger partial charge in [-0.15, -0.1) is 0 Å². The van der Waals surface area contributed by atoms with Crippen LogP contribution in [-0.2, 0) is 5.41 Å². The molecule has 1 aliphatic rings. The normalized spacial score (nSPS) is 13.0. The first-order valence-corrected chi connectivity index (χ1v) is 17.7. The van der Waals surface area contributed by atoms with Gasteiger partial charge >= 0.3 is 0 Å². The fraction of sp³-hybridized carbons (Fsp3) is 0.0625. The number of furan rings is 1. The summed E-state index contributed by atoms with van der Waals surface area (Å²) in [6.45, 7) is 4.63. The lowest BCUT2D eigenvalue weighted by molar-refractivity contribution is 0.657. The average Bonchev–Trinajstić information content (AvgIpc) is 3.70. The lowest BCUT2D eigenvalue weighted by Crippen LogP contribution is -2.15. The van der Waals surface area contributed by atoms with Gasteiger partial charge in [-0.2, -0.15) is 0 Å². The van der Waals surface area contributed by atoms with Crippen LogP contribution in [0.2, 0.25) is 0 Å². The number of para-hydroxylation sites is 1. The van der Waals surface area contributed by atoms with E-state index < -0.39 is 0 Å². The van der Waals surface area contributed by atoms with Crippen molar-refractivity contribution in [3.05, 3.63) is 175 Å². The van der Waals surface area contributed by atoms with Crippen molar-refractivity contribution in [1.29, 1.82) is 0 Å². The Morgan fingerprint density at radius 1 is 0.404 bits per heavy atom. The standard InChI is InChI=1S/C48H33N3O/c1-48(2)40-29-36(25-26-37(40)38-27-28-42-43(44(38)48)39-15-9-10-16-41(39)52-42)47-50-45(34-21-17-32(18-22-34)30-11-5-3-6-12-30)49-46(51-47)35-23-19-33(20-24-35)31-13-7-4-8-14-31/h3-29H,1-2H3. The molecule has 9 aromatic rings. The summed E-state index contributed by atoms with van der Waals surface area (Å²) in [6, 6.07) is 57.1. The van der Waals surface area contributed by atoms with E-state index in [4.69, 9.17) is 19.4 Å². The molecule has 10 rings (SSSR count). The lowest BCUT2D eigenvalue weighted by Gasteiger charge is -2.22. The summed E-state index contributed by atoms with van der Waals surface area (Å²) in [5.74, 6) is 1.93. The summed E-state index contributed by atoms with van der Waals surface area (Å²) >= 11 is 0. The monoisotopic (exact) mass is 667 g/mol. The number of fused-ring (bicyclic) bond motifs is 7. The molecule has 0 atom stereocenters. The van der Waals surface area contributed by atoms with E-state index in [0.29, 0.717) is 17.5 Å². The Hall–Kier alpha value is -6.65. The Morgan fingerprint density at radius 3 is 1.46 bits per heavy atom. The molecule has 7 aromatic carbocycles. The van der Waals surface area contributed by atoms with Crippen LogP contribution < -0.4 is 0 Å². The Kier molecular flexibility index (Phi) is 6.80. The van der Waals surface area contributed by atoms with Gasteiger partial charge in [-0.25, -0.2) is 15.0 Å². The van der Waals surface area contributed by atoms with Gasteiger partial charge in [0, 0.05) is 32.9 Å². The third-order valence-corrected chi connectivity index (χ3v) is 10.5. The minimum atomic E-state index is -0.272. The summed E-state index contributed by atoms with van der Waals surface area (Å²) in [6.07, 6.45) is 0. The summed E-state index contributed by atoms with van der Waals surface area (Å²) < 4.78 is 6.31. The van der Waals surface area contributed by atoms with Crippen molar-refractivity contribution in [2.45, 2.75) is 19.3 Å². The Labute approximate surface area is 302 Å². The van der Waals surface area contributed by atoms with Crippen molar-refractivity contribution in [2.75, 3.05) is 0 Å². The SMILES string of the molecule is CC1(C)c2cc(-c3nc(-c4ccc(-c5ccccc5)cc4)nc(-c4ccc(-c5ccccc5)cc4)n3)ccc2-c2ccc3oc4ccccc4c3c21. The second kappa shape index (κ2) is 11.7. The van der Waals surface area contributed by atoms with Crippen molar-refractivity contribution in [2.24, 2.45) is 0 Å². The molecule has 0 N–H and O–H groups in total. The molecule has 0 bridgehead atoms. The van der Waals surface area contributed by atoms with Gasteiger partial charge < -0.3 is 4.42 Å². The predicted molar refractivity (Wildman–Crippen MR) is 212 cm³/mol. The third kappa shape index (κ3) is 4.87. The number of rotatable bonds is 5. The molecule has 0 aliphatic heterocycles. The molecule has 4 heteroatoms. The summed E-state index contributed by atoms with van der Waals surface area (Å²) in [5.41, 5.74) is 14.1. The molecule has 0 radical (unpaired) electrons. The van der Waals surface area contributed by atoms with Crippen LogP contribution in [0.1, 0.15) is 25.0 Å². The quantitative estimate of drug-likeness (QED) is 0.183. The smallest absolute Gasteiger partial charge is 0.164 e. The van der Waals surface area contributed by atoms with Gasteiger partial charge in [-0.05, 0) is 62.7 Å². The van der Waals surface area contributed by atoms with Crippen LogP contribution in [0.3, 0.4) is 0 Å². The van der Waals surface area contributed by atoms with Gasteiger partial charge in [-0.3, -0.25) is 0 Å². The molecule has 0 saturated carbocycles. The largest absolute Gasteiger partial charge is 0.456 e. The van der Waals surface area contributed by atoms with E-state index >= 15 is 0 Å². The summed E-state index contributed by atoms with van der Waals surface area (Å²) in [5, 5.41) is 2.34. The van der Waals surface area contributed by atoms with Gasteiger partial charge in [0.05, 0.1) is 0 Å². The predicted octanol–water partition coefficient (Wildman–Crippen LogP) is 12.4. The molecular formula is C48H33N3O. The van der Waals surface area contributed by atoms with E-state index in [1.807, 2.05) is 18.2 Å². The molecule has 2 aromatic heterocycles. The van der Waals surface area contributed by atoms with E-state index in [1.54, 1.807) is 0 Å². The van der Waals surface area contributed by atoms with Crippen LogP contribution in [0.5, 0.6) is 0 Å². The first-order valence-electron chi connectivity index (χ1n) is 17.7. The Morgan fingerprint density at radius 2 is 0.865 bits per heavy atom. The Balaban J connectivity index is 1.10. The van der Waals surface area contributed by atoms with E-state index in [1.165, 1.54) is 38.8 Å². The molecule has 0 amide bonds. The van der Waals surface area contributed by atoms with Gasteiger partial charge in [0.2, 0.25) is 0 Å². The van der Waals surface area contributed by atoms with E-state index in [2.05, 4.69) is 159 Å². The van der Waals surface area contributed by atoms with Crippen molar-refractivity contribution in [1.82, 2.24) is 15.0 Å². The number of aromatic nitrogens is 3.